The molecule has 2 heterocycles. The summed E-state index contributed by atoms with van der Waals surface area (Å²) in [6, 6.07) is 9.20. The number of aromatic nitrogens is 3. The van der Waals surface area contributed by atoms with E-state index in [1.807, 2.05) is 12.3 Å². The summed E-state index contributed by atoms with van der Waals surface area (Å²) < 4.78 is 7.41. The molecule has 0 saturated heterocycles. The molecule has 0 aliphatic carbocycles. The zero-order valence-corrected chi connectivity index (χ0v) is 12.8. The molecule has 0 spiro atoms. The first-order valence-electron chi connectivity index (χ1n) is 6.51. The summed E-state index contributed by atoms with van der Waals surface area (Å²) in [5.74, 6) is 0.507. The molecule has 1 aromatic carbocycles. The number of para-hydroxylation sites is 1. The highest BCUT2D eigenvalue weighted by atomic mass is 32.1. The highest BCUT2D eigenvalue weighted by Crippen LogP contribution is 2.30. The predicted molar refractivity (Wildman–Crippen MR) is 80.8 cm³/mol. The van der Waals surface area contributed by atoms with Crippen molar-refractivity contribution in [2.45, 2.75) is 26.2 Å². The molecule has 0 unspecified atom stereocenters. The second-order valence-electron chi connectivity index (χ2n) is 5.68. The van der Waals surface area contributed by atoms with Crippen LogP contribution in [0.5, 0.6) is 10.9 Å². The quantitative estimate of drug-likeness (QED) is 0.722. The molecule has 6 heteroatoms. The Morgan fingerprint density at radius 1 is 1.29 bits per heavy atom. The second-order valence-corrected chi connectivity index (χ2v) is 6.60. The van der Waals surface area contributed by atoms with Crippen LogP contribution in [-0.4, -0.2) is 14.6 Å². The molecule has 2 aromatic heterocycles. The lowest BCUT2D eigenvalue weighted by molar-refractivity contribution is 0.468. The van der Waals surface area contributed by atoms with Gasteiger partial charge in [-0.15, -0.1) is 5.10 Å². The van der Waals surface area contributed by atoms with Crippen molar-refractivity contribution in [3.8, 4) is 17.0 Å². The average Bonchev–Trinajstić information content (AvgIpc) is 2.97. The number of fused-ring (bicyclic) bond motifs is 1. The highest BCUT2D eigenvalue weighted by molar-refractivity contribution is 7.18. The van der Waals surface area contributed by atoms with Gasteiger partial charge in [-0.05, 0) is 23.5 Å². The number of hydrogen-bond acceptors (Lipinski definition) is 5. The van der Waals surface area contributed by atoms with Crippen molar-refractivity contribution in [2.75, 3.05) is 0 Å². The van der Waals surface area contributed by atoms with Gasteiger partial charge in [-0.3, -0.25) is 0 Å². The molecule has 5 nitrogen and oxygen atoms in total. The van der Waals surface area contributed by atoms with E-state index in [1.54, 1.807) is 22.7 Å². The summed E-state index contributed by atoms with van der Waals surface area (Å²) >= 11 is 1.36. The van der Waals surface area contributed by atoms with E-state index in [2.05, 4.69) is 36.9 Å². The number of nitrogens with zero attached hydrogens (tertiary/aromatic N) is 4. The molecule has 0 radical (unpaired) electrons. The van der Waals surface area contributed by atoms with Gasteiger partial charge in [0, 0.05) is 5.41 Å². The Bertz CT molecular complexity index is 804. The zero-order valence-electron chi connectivity index (χ0n) is 12.0. The van der Waals surface area contributed by atoms with Gasteiger partial charge in [-0.25, -0.2) is 9.50 Å². The fourth-order valence-electron chi connectivity index (χ4n) is 1.83. The van der Waals surface area contributed by atoms with Gasteiger partial charge in [-0.1, -0.05) is 32.9 Å². The van der Waals surface area contributed by atoms with Gasteiger partial charge < -0.3 is 4.74 Å². The van der Waals surface area contributed by atoms with Gasteiger partial charge in [0.25, 0.3) is 5.19 Å². The lowest BCUT2D eigenvalue weighted by atomic mass is 9.93. The molecule has 21 heavy (non-hydrogen) atoms. The minimum atomic E-state index is -0.0121. The third-order valence-electron chi connectivity index (χ3n) is 3.00. The Morgan fingerprint density at radius 3 is 2.71 bits per heavy atom. The third-order valence-corrected chi connectivity index (χ3v) is 3.80. The maximum atomic E-state index is 9.06. The maximum absolute atomic E-state index is 9.06. The largest absolute Gasteiger partial charge is 0.428 e. The Balaban J connectivity index is 1.92. The Hall–Kier alpha value is -2.39. The van der Waals surface area contributed by atoms with Crippen molar-refractivity contribution >= 4 is 16.3 Å². The van der Waals surface area contributed by atoms with E-state index in [1.165, 1.54) is 11.3 Å². The summed E-state index contributed by atoms with van der Waals surface area (Å²) in [4.78, 5) is 5.34. The van der Waals surface area contributed by atoms with Crippen molar-refractivity contribution in [3.05, 3.63) is 41.7 Å². The van der Waals surface area contributed by atoms with Gasteiger partial charge in [0.05, 0.1) is 17.5 Å². The van der Waals surface area contributed by atoms with E-state index in [4.69, 9.17) is 10.00 Å². The van der Waals surface area contributed by atoms with Crippen LogP contribution in [-0.2, 0) is 5.41 Å². The van der Waals surface area contributed by atoms with Gasteiger partial charge in [-0.2, -0.15) is 5.26 Å². The molecular weight excluding hydrogens is 284 g/mol. The Morgan fingerprint density at radius 2 is 2.05 bits per heavy atom. The lowest BCUT2D eigenvalue weighted by Gasteiger charge is -2.13. The van der Waals surface area contributed by atoms with Gasteiger partial charge in [0.1, 0.15) is 11.8 Å². The standard InChI is InChI=1S/C15H14N4OS/c1-15(2,3)12-9-19-13(17-12)21-14(18-19)20-11-7-5-4-6-10(11)8-16/h4-7,9H,1-3H3. The minimum absolute atomic E-state index is 0.0121. The molecule has 0 bridgehead atoms. The average molecular weight is 298 g/mol. The molecule has 0 atom stereocenters. The Kier molecular flexibility index (Phi) is 3.15. The van der Waals surface area contributed by atoms with E-state index < -0.39 is 0 Å². The second kappa shape index (κ2) is 4.86. The fourth-order valence-corrected chi connectivity index (χ4v) is 2.57. The maximum Gasteiger partial charge on any atom is 0.299 e. The molecule has 3 aromatic rings. The number of nitriles is 1. The molecular formula is C15H14N4OS. The summed E-state index contributed by atoms with van der Waals surface area (Å²) in [5, 5.41) is 13.9. The van der Waals surface area contributed by atoms with E-state index >= 15 is 0 Å². The Labute approximate surface area is 126 Å². The summed E-state index contributed by atoms with van der Waals surface area (Å²) in [6.45, 7) is 6.33. The summed E-state index contributed by atoms with van der Waals surface area (Å²) in [5.41, 5.74) is 1.47. The fraction of sp³-hybridized carbons (Fsp3) is 0.267. The van der Waals surface area contributed by atoms with E-state index in [-0.39, 0.29) is 5.41 Å². The number of rotatable bonds is 2. The van der Waals surface area contributed by atoms with Crippen LogP contribution in [0.2, 0.25) is 0 Å². The number of imidazole rings is 1. The summed E-state index contributed by atoms with van der Waals surface area (Å²) in [7, 11) is 0. The summed E-state index contributed by atoms with van der Waals surface area (Å²) in [6.07, 6.45) is 1.91. The monoisotopic (exact) mass is 298 g/mol. The molecule has 0 fully saturated rings. The van der Waals surface area contributed by atoms with E-state index in [0.717, 1.165) is 10.7 Å². The SMILES string of the molecule is CC(C)(C)c1cn2nc(Oc3ccccc3C#N)sc2n1. The minimum Gasteiger partial charge on any atom is -0.428 e. The van der Waals surface area contributed by atoms with Crippen molar-refractivity contribution in [1.82, 2.24) is 14.6 Å². The van der Waals surface area contributed by atoms with Crippen molar-refractivity contribution in [2.24, 2.45) is 0 Å². The molecule has 106 valence electrons. The van der Waals surface area contributed by atoms with E-state index in [0.29, 0.717) is 16.5 Å². The highest BCUT2D eigenvalue weighted by Gasteiger charge is 2.20. The topological polar surface area (TPSA) is 63.2 Å². The van der Waals surface area contributed by atoms with Crippen LogP contribution in [0.4, 0.5) is 0 Å². The third kappa shape index (κ3) is 2.60. The molecule has 0 amide bonds. The smallest absolute Gasteiger partial charge is 0.299 e. The van der Waals surface area contributed by atoms with Gasteiger partial charge in [0.2, 0.25) is 4.96 Å². The van der Waals surface area contributed by atoms with Gasteiger partial charge >= 0.3 is 0 Å². The number of hydrogen-bond donors (Lipinski definition) is 0. The van der Waals surface area contributed by atoms with Crippen LogP contribution in [0.15, 0.2) is 30.5 Å². The number of ether oxygens (including phenoxy) is 1. The molecule has 0 saturated carbocycles. The van der Waals surface area contributed by atoms with Crippen molar-refractivity contribution in [1.29, 1.82) is 5.26 Å². The molecule has 0 aliphatic rings. The van der Waals surface area contributed by atoms with Crippen LogP contribution in [0, 0.1) is 11.3 Å². The van der Waals surface area contributed by atoms with Crippen LogP contribution in [0.3, 0.4) is 0 Å². The predicted octanol–water partition coefficient (Wildman–Crippen LogP) is 3.75. The molecule has 3 rings (SSSR count). The molecule has 0 aliphatic heterocycles. The van der Waals surface area contributed by atoms with Gasteiger partial charge in [0.15, 0.2) is 0 Å². The van der Waals surface area contributed by atoms with Crippen LogP contribution in [0.25, 0.3) is 4.96 Å². The first-order valence-corrected chi connectivity index (χ1v) is 7.33. The van der Waals surface area contributed by atoms with Crippen molar-refractivity contribution < 1.29 is 4.74 Å². The first-order chi connectivity index (χ1) is 9.97. The first kappa shape index (κ1) is 13.6. The lowest BCUT2D eigenvalue weighted by Crippen LogP contribution is -2.11. The van der Waals surface area contributed by atoms with Crippen molar-refractivity contribution in [3.63, 3.8) is 0 Å². The molecule has 0 N–H and O–H groups in total. The van der Waals surface area contributed by atoms with Crippen LogP contribution in [0.1, 0.15) is 32.0 Å². The zero-order chi connectivity index (χ0) is 15.0. The van der Waals surface area contributed by atoms with Crippen LogP contribution >= 0.6 is 11.3 Å². The van der Waals surface area contributed by atoms with Crippen LogP contribution < -0.4 is 4.74 Å². The number of benzene rings is 1. The normalized spacial score (nSPS) is 11.5. The van der Waals surface area contributed by atoms with E-state index in [9.17, 15) is 0 Å².